The summed E-state index contributed by atoms with van der Waals surface area (Å²) in [4.78, 5) is 24.6. The highest BCUT2D eigenvalue weighted by molar-refractivity contribution is 7.92. The molecule has 0 saturated heterocycles. The Labute approximate surface area is 169 Å². The minimum Gasteiger partial charge on any atom is -0.465 e. The van der Waals surface area contributed by atoms with Crippen LogP contribution < -0.4 is 0 Å². The lowest BCUT2D eigenvalue weighted by molar-refractivity contribution is -0.172. The van der Waals surface area contributed by atoms with Crippen LogP contribution in [-0.4, -0.2) is 38.8 Å². The van der Waals surface area contributed by atoms with E-state index in [2.05, 4.69) is 0 Å². The van der Waals surface area contributed by atoms with Gasteiger partial charge < -0.3 is 9.47 Å². The van der Waals surface area contributed by atoms with Gasteiger partial charge in [0, 0.05) is 6.42 Å². The lowest BCUT2D eigenvalue weighted by Crippen LogP contribution is -2.40. The molecule has 0 radical (unpaired) electrons. The van der Waals surface area contributed by atoms with Crippen LogP contribution in [0.1, 0.15) is 40.0 Å². The van der Waals surface area contributed by atoms with E-state index in [4.69, 9.17) is 9.47 Å². The van der Waals surface area contributed by atoms with Crippen molar-refractivity contribution in [1.29, 1.82) is 0 Å². The third-order valence-electron chi connectivity index (χ3n) is 5.36. The van der Waals surface area contributed by atoms with Gasteiger partial charge in [-0.15, -0.1) is 0 Å². The molecule has 0 aromatic heterocycles. The molecule has 0 heterocycles. The molecule has 1 aliphatic carbocycles. The Balaban J connectivity index is 2.31. The Hall–Kier alpha value is -2.03. The number of hydrogen-bond acceptors (Lipinski definition) is 6. The number of alkyl halides is 2. The third kappa shape index (κ3) is 4.44. The van der Waals surface area contributed by atoms with Crippen LogP contribution in [0.2, 0.25) is 0 Å². The number of ether oxygens (including phenoxy) is 2. The molecule has 2 atom stereocenters. The maximum Gasteiger partial charge on any atom is 0.350 e. The molecule has 1 aromatic carbocycles. The first-order chi connectivity index (χ1) is 13.5. The molecular formula is C20H26F2O6S. The Bertz CT molecular complexity index is 820. The maximum absolute atomic E-state index is 14.8. The van der Waals surface area contributed by atoms with Crippen molar-refractivity contribution in [3.05, 3.63) is 30.3 Å². The van der Waals surface area contributed by atoms with Crippen molar-refractivity contribution in [1.82, 2.24) is 0 Å². The molecule has 0 spiro atoms. The van der Waals surface area contributed by atoms with E-state index in [-0.39, 0.29) is 26.1 Å². The molecule has 1 fully saturated rings. The van der Waals surface area contributed by atoms with Gasteiger partial charge in [0.2, 0.25) is 9.84 Å². The molecular weight excluding hydrogens is 406 g/mol. The van der Waals surface area contributed by atoms with Crippen molar-refractivity contribution in [2.75, 3.05) is 13.2 Å². The SMILES string of the molecule is CCOC(=O)C1(C(=O)OCC)CC(C)C(CC(F)(F)S(=O)(=O)c2ccccc2)C1. The zero-order valence-corrected chi connectivity index (χ0v) is 17.5. The molecule has 9 heteroatoms. The Morgan fingerprint density at radius 3 is 2.07 bits per heavy atom. The summed E-state index contributed by atoms with van der Waals surface area (Å²) >= 11 is 0. The zero-order valence-electron chi connectivity index (χ0n) is 16.7. The average Bonchev–Trinajstić information content (AvgIpc) is 3.00. The summed E-state index contributed by atoms with van der Waals surface area (Å²) in [6, 6.07) is 6.50. The van der Waals surface area contributed by atoms with Gasteiger partial charge in [-0.3, -0.25) is 9.59 Å². The first-order valence-electron chi connectivity index (χ1n) is 9.53. The van der Waals surface area contributed by atoms with Gasteiger partial charge in [0.1, 0.15) is 0 Å². The smallest absolute Gasteiger partial charge is 0.350 e. The number of hydrogen-bond donors (Lipinski definition) is 0. The second-order valence-electron chi connectivity index (χ2n) is 7.33. The van der Waals surface area contributed by atoms with Crippen LogP contribution in [0, 0.1) is 17.3 Å². The summed E-state index contributed by atoms with van der Waals surface area (Å²) in [5.41, 5.74) is -1.69. The maximum atomic E-state index is 14.8. The van der Waals surface area contributed by atoms with E-state index in [0.29, 0.717) is 0 Å². The fraction of sp³-hybridized carbons (Fsp3) is 0.600. The molecule has 0 bridgehead atoms. The van der Waals surface area contributed by atoms with E-state index in [1.807, 2.05) is 0 Å². The molecule has 1 saturated carbocycles. The number of carbonyl (C=O) groups is 2. The summed E-state index contributed by atoms with van der Waals surface area (Å²) in [6.07, 6.45) is -1.27. The second-order valence-corrected chi connectivity index (χ2v) is 9.40. The van der Waals surface area contributed by atoms with Crippen molar-refractivity contribution >= 4 is 21.8 Å². The van der Waals surface area contributed by atoms with Gasteiger partial charge in [0.25, 0.3) is 0 Å². The summed E-state index contributed by atoms with van der Waals surface area (Å²) in [7, 11) is -4.91. The van der Waals surface area contributed by atoms with Crippen LogP contribution in [0.5, 0.6) is 0 Å². The highest BCUT2D eigenvalue weighted by atomic mass is 32.2. The standard InChI is InChI=1S/C20H26F2O6S/c1-4-27-17(23)19(18(24)28-5-2)11-14(3)15(12-19)13-20(21,22)29(25,26)16-9-7-6-8-10-16/h6-10,14-15H,4-5,11-13H2,1-3H3. The van der Waals surface area contributed by atoms with Crippen molar-refractivity contribution in [2.45, 2.75) is 50.2 Å². The number of rotatable bonds is 8. The first-order valence-corrected chi connectivity index (χ1v) is 11.0. The number of sulfone groups is 1. The number of benzene rings is 1. The highest BCUT2D eigenvalue weighted by Gasteiger charge is 2.59. The monoisotopic (exact) mass is 432 g/mol. The Morgan fingerprint density at radius 2 is 1.59 bits per heavy atom. The minimum absolute atomic E-state index is 0.0254. The van der Waals surface area contributed by atoms with E-state index in [0.717, 1.165) is 12.1 Å². The fourth-order valence-electron chi connectivity index (χ4n) is 3.86. The van der Waals surface area contributed by atoms with E-state index in [1.165, 1.54) is 18.2 Å². The Kier molecular flexibility index (Phi) is 7.03. The van der Waals surface area contributed by atoms with Crippen molar-refractivity contribution in [3.63, 3.8) is 0 Å². The molecule has 0 N–H and O–H groups in total. The molecule has 2 unspecified atom stereocenters. The molecule has 29 heavy (non-hydrogen) atoms. The van der Waals surface area contributed by atoms with Gasteiger partial charge in [-0.1, -0.05) is 25.1 Å². The topological polar surface area (TPSA) is 86.7 Å². The zero-order chi connectivity index (χ0) is 21.9. The van der Waals surface area contributed by atoms with Crippen LogP contribution in [0.25, 0.3) is 0 Å². The quantitative estimate of drug-likeness (QED) is 0.461. The van der Waals surface area contributed by atoms with Crippen LogP contribution in [0.3, 0.4) is 0 Å². The number of esters is 2. The predicted molar refractivity (Wildman–Crippen MR) is 101 cm³/mol. The molecule has 2 rings (SSSR count). The van der Waals surface area contributed by atoms with Crippen LogP contribution in [0.15, 0.2) is 35.2 Å². The van der Waals surface area contributed by atoms with Gasteiger partial charge in [-0.2, -0.15) is 8.78 Å². The largest absolute Gasteiger partial charge is 0.465 e. The average molecular weight is 432 g/mol. The molecule has 0 amide bonds. The lowest BCUT2D eigenvalue weighted by Gasteiger charge is -2.25. The third-order valence-corrected chi connectivity index (χ3v) is 7.21. The molecule has 162 valence electrons. The van der Waals surface area contributed by atoms with E-state index in [1.54, 1.807) is 20.8 Å². The van der Waals surface area contributed by atoms with Crippen molar-refractivity contribution < 1.29 is 36.3 Å². The number of halogens is 2. The van der Waals surface area contributed by atoms with Gasteiger partial charge >= 0.3 is 17.2 Å². The minimum atomic E-state index is -4.91. The van der Waals surface area contributed by atoms with E-state index < -0.39 is 55.6 Å². The van der Waals surface area contributed by atoms with Crippen LogP contribution in [0.4, 0.5) is 8.78 Å². The molecule has 0 aliphatic heterocycles. The first kappa shape index (κ1) is 23.3. The summed E-state index contributed by atoms with van der Waals surface area (Å²) in [6.45, 7) is 4.83. The Morgan fingerprint density at radius 1 is 1.07 bits per heavy atom. The molecule has 1 aromatic rings. The fourth-order valence-corrected chi connectivity index (χ4v) is 5.16. The lowest BCUT2D eigenvalue weighted by atomic mass is 9.84. The van der Waals surface area contributed by atoms with Crippen molar-refractivity contribution in [2.24, 2.45) is 17.3 Å². The van der Waals surface area contributed by atoms with Crippen LogP contribution in [-0.2, 0) is 28.9 Å². The van der Waals surface area contributed by atoms with Gasteiger partial charge in [-0.05, 0) is 50.7 Å². The van der Waals surface area contributed by atoms with E-state index in [9.17, 15) is 26.8 Å². The summed E-state index contributed by atoms with van der Waals surface area (Å²) in [5, 5.41) is -4.05. The molecule has 6 nitrogen and oxygen atoms in total. The number of carbonyl (C=O) groups excluding carboxylic acids is 2. The summed E-state index contributed by atoms with van der Waals surface area (Å²) < 4.78 is 64.6. The molecule has 1 aliphatic rings. The van der Waals surface area contributed by atoms with Crippen LogP contribution >= 0.6 is 0 Å². The van der Waals surface area contributed by atoms with E-state index >= 15 is 0 Å². The highest BCUT2D eigenvalue weighted by Crippen LogP contribution is 2.51. The second kappa shape index (κ2) is 8.77. The van der Waals surface area contributed by atoms with Gasteiger partial charge in [0.15, 0.2) is 5.41 Å². The summed E-state index contributed by atoms with van der Waals surface area (Å²) in [5.74, 6) is -3.01. The van der Waals surface area contributed by atoms with Gasteiger partial charge in [0.05, 0.1) is 18.1 Å². The van der Waals surface area contributed by atoms with Crippen molar-refractivity contribution in [3.8, 4) is 0 Å². The normalized spacial score (nSPS) is 21.6. The van der Waals surface area contributed by atoms with Gasteiger partial charge in [-0.25, -0.2) is 8.42 Å². The predicted octanol–water partition coefficient (Wildman–Crippen LogP) is 3.60.